The third-order valence-corrected chi connectivity index (χ3v) is 17.9. The van der Waals surface area contributed by atoms with Crippen LogP contribution in [0.15, 0.2) is 85.1 Å². The first-order valence-electron chi connectivity index (χ1n) is 37.3. The predicted octanol–water partition coefficient (Wildman–Crippen LogP) is 16.0. The van der Waals surface area contributed by atoms with Gasteiger partial charge in [0.2, 0.25) is 5.91 Å². The standard InChI is InChI=1S/C77H137NO13/c1-3-5-7-9-11-13-15-17-19-21-22-23-24-25-26-27-28-29-30-31-32-33-34-35-36-37-38-39-40-41-42-43-44-45-47-49-51-53-55-57-59-61-69(82)78-65(66(81)60-58-56-54-52-50-48-46-20-18-16-14-12-10-8-6-4-2)64-88-76-74(87)72(85)75(68(63-80)90-76)91-77-73(86)71(84)70(83)67(62-79)89-77/h5,7,11,13,17,19,22-23,25-26,28-29,31-32,65-68,70-77,79-81,83-87H,3-4,6,8-10,12,14-16,18,20-21,24,27,30,33-64H2,1-2H3,(H,78,82)/b7-5-,13-11-,19-17-,23-22-,26-25-,29-28-,32-31-. The number of amides is 1. The number of hydrogen-bond acceptors (Lipinski definition) is 13. The minimum atomic E-state index is -1.78. The van der Waals surface area contributed by atoms with E-state index in [1.165, 1.54) is 180 Å². The molecule has 0 aromatic rings. The van der Waals surface area contributed by atoms with Crippen LogP contribution in [0.3, 0.4) is 0 Å². The molecule has 0 aromatic heterocycles. The average Bonchev–Trinajstić information content (AvgIpc) is 1.24. The molecule has 2 fully saturated rings. The lowest BCUT2D eigenvalue weighted by Gasteiger charge is -2.46. The third kappa shape index (κ3) is 44.5. The Morgan fingerprint density at radius 1 is 0.407 bits per heavy atom. The van der Waals surface area contributed by atoms with E-state index >= 15 is 0 Å². The van der Waals surface area contributed by atoms with E-state index in [0.29, 0.717) is 12.8 Å². The average molecular weight is 1280 g/mol. The second-order valence-corrected chi connectivity index (χ2v) is 26.0. The van der Waals surface area contributed by atoms with Gasteiger partial charge in [-0.2, -0.15) is 0 Å². The minimum absolute atomic E-state index is 0.204. The van der Waals surface area contributed by atoms with Crippen molar-refractivity contribution in [3.05, 3.63) is 85.1 Å². The maximum absolute atomic E-state index is 13.4. The van der Waals surface area contributed by atoms with E-state index in [9.17, 15) is 45.6 Å². The van der Waals surface area contributed by atoms with Gasteiger partial charge < -0.3 is 65.1 Å². The Kier molecular flexibility index (Phi) is 56.3. The largest absolute Gasteiger partial charge is 0.394 e. The maximum Gasteiger partial charge on any atom is 0.220 e. The first-order chi connectivity index (χ1) is 44.6. The van der Waals surface area contributed by atoms with Crippen LogP contribution in [0.25, 0.3) is 0 Å². The Balaban J connectivity index is 1.56. The summed E-state index contributed by atoms with van der Waals surface area (Å²) in [7, 11) is 0. The lowest BCUT2D eigenvalue weighted by molar-refractivity contribution is -0.359. The molecule has 0 spiro atoms. The number of carbonyl (C=O) groups is 1. The van der Waals surface area contributed by atoms with Crippen molar-refractivity contribution >= 4 is 5.91 Å². The zero-order chi connectivity index (χ0) is 65.9. The summed E-state index contributed by atoms with van der Waals surface area (Å²) >= 11 is 0. The van der Waals surface area contributed by atoms with Crippen molar-refractivity contribution in [2.75, 3.05) is 19.8 Å². The molecule has 0 saturated carbocycles. The molecule has 0 bridgehead atoms. The fraction of sp³-hybridized carbons (Fsp3) is 0.805. The van der Waals surface area contributed by atoms with Crippen molar-refractivity contribution in [2.45, 2.75) is 376 Å². The van der Waals surface area contributed by atoms with Gasteiger partial charge in [-0.25, -0.2) is 0 Å². The quantitative estimate of drug-likeness (QED) is 0.0204. The van der Waals surface area contributed by atoms with Crippen LogP contribution in [0.1, 0.15) is 303 Å². The van der Waals surface area contributed by atoms with E-state index in [0.717, 1.165) is 96.3 Å². The smallest absolute Gasteiger partial charge is 0.220 e. The molecule has 2 aliphatic rings. The lowest BCUT2D eigenvalue weighted by Crippen LogP contribution is -2.65. The van der Waals surface area contributed by atoms with E-state index in [-0.39, 0.29) is 12.5 Å². The maximum atomic E-state index is 13.4. The summed E-state index contributed by atoms with van der Waals surface area (Å²) < 4.78 is 22.9. The number of ether oxygens (including phenoxy) is 4. The Morgan fingerprint density at radius 2 is 0.758 bits per heavy atom. The third-order valence-electron chi connectivity index (χ3n) is 17.9. The Hall–Kier alpha value is -2.83. The SMILES string of the molecule is CC/C=C\C/C=C\C/C=C\C/C=C\C/C=C\C/C=C\C/C=C\CCCCCCCCCCCCCCCCCCCCCC(=O)NC(COC1OC(CO)C(OC2OC(CO)C(O)C(O)C2O)C(O)C1O)C(O)CCCCCCCCCCCCCCCCCC. The Labute approximate surface area is 554 Å². The van der Waals surface area contributed by atoms with Crippen molar-refractivity contribution in [1.29, 1.82) is 0 Å². The number of hydrogen-bond donors (Lipinski definition) is 9. The molecule has 0 aromatic carbocycles. The van der Waals surface area contributed by atoms with Crippen molar-refractivity contribution in [1.82, 2.24) is 5.32 Å². The number of aliphatic hydroxyl groups excluding tert-OH is 8. The zero-order valence-electron chi connectivity index (χ0n) is 57.6. The number of carbonyl (C=O) groups excluding carboxylic acids is 1. The molecule has 91 heavy (non-hydrogen) atoms. The van der Waals surface area contributed by atoms with Crippen LogP contribution in [0.5, 0.6) is 0 Å². The van der Waals surface area contributed by atoms with Crippen LogP contribution < -0.4 is 5.32 Å². The van der Waals surface area contributed by atoms with Gasteiger partial charge in [0.25, 0.3) is 0 Å². The second kappa shape index (κ2) is 60.8. The molecule has 12 unspecified atom stereocenters. The monoisotopic (exact) mass is 1280 g/mol. The molecule has 12 atom stereocenters. The van der Waals surface area contributed by atoms with Gasteiger partial charge in [-0.05, 0) is 70.6 Å². The van der Waals surface area contributed by atoms with Gasteiger partial charge in [0.15, 0.2) is 12.6 Å². The van der Waals surface area contributed by atoms with E-state index in [2.05, 4.69) is 104 Å². The molecule has 2 heterocycles. The summed E-state index contributed by atoms with van der Waals surface area (Å²) in [5.74, 6) is -0.204. The van der Waals surface area contributed by atoms with Crippen LogP contribution in [-0.4, -0.2) is 140 Å². The highest BCUT2D eigenvalue weighted by Gasteiger charge is 2.51. The Bertz CT molecular complexity index is 1850. The van der Waals surface area contributed by atoms with Gasteiger partial charge in [-0.1, -0.05) is 311 Å². The van der Waals surface area contributed by atoms with Crippen molar-refractivity contribution in [3.8, 4) is 0 Å². The Morgan fingerprint density at radius 3 is 1.16 bits per heavy atom. The summed E-state index contributed by atoms with van der Waals surface area (Å²) in [4.78, 5) is 13.4. The number of aliphatic hydroxyl groups is 8. The van der Waals surface area contributed by atoms with Gasteiger partial charge in [0.1, 0.15) is 48.8 Å². The van der Waals surface area contributed by atoms with E-state index in [1.54, 1.807) is 0 Å². The summed E-state index contributed by atoms with van der Waals surface area (Å²) in [6, 6.07) is -0.831. The molecule has 2 aliphatic heterocycles. The molecular weight excluding hydrogens is 1150 g/mol. The first kappa shape index (κ1) is 84.3. The van der Waals surface area contributed by atoms with Crippen molar-refractivity contribution in [2.24, 2.45) is 0 Å². The number of rotatable bonds is 61. The summed E-state index contributed by atoms with van der Waals surface area (Å²) in [6.07, 6.45) is 67.6. The van der Waals surface area contributed by atoms with Crippen LogP contribution in [0.2, 0.25) is 0 Å². The van der Waals surface area contributed by atoms with Crippen molar-refractivity contribution in [3.63, 3.8) is 0 Å². The van der Waals surface area contributed by atoms with Gasteiger partial charge in [-0.15, -0.1) is 0 Å². The van der Waals surface area contributed by atoms with Gasteiger partial charge in [0, 0.05) is 6.42 Å². The van der Waals surface area contributed by atoms with Crippen LogP contribution >= 0.6 is 0 Å². The molecule has 2 saturated heterocycles. The molecule has 0 aliphatic carbocycles. The predicted molar refractivity (Wildman–Crippen MR) is 373 cm³/mol. The highest BCUT2D eigenvalue weighted by molar-refractivity contribution is 5.76. The molecule has 14 heteroatoms. The molecule has 528 valence electrons. The second-order valence-electron chi connectivity index (χ2n) is 26.0. The fourth-order valence-electron chi connectivity index (χ4n) is 12.0. The summed E-state index contributed by atoms with van der Waals surface area (Å²) in [5.41, 5.74) is 0. The summed E-state index contributed by atoms with van der Waals surface area (Å²) in [5, 5.41) is 87.6. The van der Waals surface area contributed by atoms with Gasteiger partial charge in [0.05, 0.1) is 32.0 Å². The van der Waals surface area contributed by atoms with Gasteiger partial charge >= 0.3 is 0 Å². The van der Waals surface area contributed by atoms with E-state index < -0.39 is 86.8 Å². The lowest BCUT2D eigenvalue weighted by atomic mass is 9.97. The van der Waals surface area contributed by atoms with Crippen LogP contribution in [0, 0.1) is 0 Å². The zero-order valence-corrected chi connectivity index (χ0v) is 57.6. The van der Waals surface area contributed by atoms with Crippen LogP contribution in [0.4, 0.5) is 0 Å². The topological polar surface area (TPSA) is 228 Å². The molecule has 1 amide bonds. The number of allylic oxidation sites excluding steroid dienone is 14. The van der Waals surface area contributed by atoms with Crippen LogP contribution in [-0.2, 0) is 23.7 Å². The number of unbranched alkanes of at least 4 members (excludes halogenated alkanes) is 34. The molecule has 0 radical (unpaired) electrons. The molecule has 14 nitrogen and oxygen atoms in total. The van der Waals surface area contributed by atoms with Crippen molar-refractivity contribution < 1.29 is 64.6 Å². The first-order valence-corrected chi connectivity index (χ1v) is 37.3. The summed E-state index contributed by atoms with van der Waals surface area (Å²) in [6.45, 7) is 2.77. The molecular formula is C77H137NO13. The fourth-order valence-corrected chi connectivity index (χ4v) is 12.0. The molecule has 9 N–H and O–H groups in total. The van der Waals surface area contributed by atoms with Gasteiger partial charge in [-0.3, -0.25) is 4.79 Å². The highest BCUT2D eigenvalue weighted by atomic mass is 16.7. The van der Waals surface area contributed by atoms with E-state index in [1.807, 2.05) is 0 Å². The normalized spacial score (nSPS) is 23.3. The minimum Gasteiger partial charge on any atom is -0.394 e. The molecule has 2 rings (SSSR count). The highest BCUT2D eigenvalue weighted by Crippen LogP contribution is 2.30. The van der Waals surface area contributed by atoms with E-state index in [4.69, 9.17) is 18.9 Å². The number of nitrogens with one attached hydrogen (secondary N) is 1.